The van der Waals surface area contributed by atoms with E-state index < -0.39 is 0 Å². The molecule has 0 N–H and O–H groups in total. The van der Waals surface area contributed by atoms with E-state index in [1.165, 1.54) is 37.8 Å². The smallest absolute Gasteiger partial charge is 0.0498 e. The molecule has 0 amide bonds. The molecule has 0 saturated carbocycles. The summed E-state index contributed by atoms with van der Waals surface area (Å²) in [6.45, 7) is 8.81. The topological polar surface area (TPSA) is 8.17 Å². The van der Waals surface area contributed by atoms with E-state index in [0.717, 1.165) is 32.6 Å². The maximum absolute atomic E-state index is 3.79. The summed E-state index contributed by atoms with van der Waals surface area (Å²) in [5.41, 5.74) is 6.99. The highest BCUT2D eigenvalue weighted by Gasteiger charge is 2.22. The first-order valence-electron chi connectivity index (χ1n) is 8.84. The number of rotatable bonds is 5. The zero-order valence-corrected chi connectivity index (χ0v) is 15.9. The van der Waals surface area contributed by atoms with Crippen molar-refractivity contribution in [3.05, 3.63) is 58.1 Å². The summed E-state index contributed by atoms with van der Waals surface area (Å²) < 4.78 is 3.70. The Hall–Kier alpha value is -1.58. The van der Waals surface area contributed by atoms with Crippen LogP contribution in [0.15, 0.2) is 46.9 Å². The van der Waals surface area contributed by atoms with Crippen molar-refractivity contribution in [3.8, 4) is 11.3 Å². The molecule has 3 aromatic rings. The molecule has 1 aliphatic rings. The molecule has 0 atom stereocenters. The van der Waals surface area contributed by atoms with Crippen molar-refractivity contribution in [3.63, 3.8) is 0 Å². The van der Waals surface area contributed by atoms with E-state index >= 15 is 0 Å². The summed E-state index contributed by atoms with van der Waals surface area (Å²) in [5, 5.41) is 1.40. The summed E-state index contributed by atoms with van der Waals surface area (Å²) in [7, 11) is 0. The minimum Gasteiger partial charge on any atom is -0.336 e. The van der Waals surface area contributed by atoms with Crippen LogP contribution in [0.25, 0.3) is 22.2 Å². The van der Waals surface area contributed by atoms with E-state index in [-0.39, 0.29) is 0 Å². The Morgan fingerprint density at radius 3 is 2.67 bits per heavy atom. The van der Waals surface area contributed by atoms with Crippen molar-refractivity contribution in [1.82, 2.24) is 9.47 Å². The summed E-state index contributed by atoms with van der Waals surface area (Å²) in [6, 6.07) is 15.6. The standard InChI is InChI=1S/C21H23BrN2/c1-3-23(4-2)12-11-17-18-13-21-16-8-6-5-7-15(16)14-24(21)20(18)10-9-19(17)22/h5-10,13H,3-4,11-12,14H2,1-2H3. The Morgan fingerprint density at radius 2 is 1.88 bits per heavy atom. The zero-order chi connectivity index (χ0) is 16.7. The predicted octanol–water partition coefficient (Wildman–Crippen LogP) is 5.32. The van der Waals surface area contributed by atoms with Gasteiger partial charge in [0.05, 0.1) is 0 Å². The van der Waals surface area contributed by atoms with E-state index in [1.807, 2.05) is 0 Å². The molecule has 24 heavy (non-hydrogen) atoms. The highest BCUT2D eigenvalue weighted by molar-refractivity contribution is 9.10. The quantitative estimate of drug-likeness (QED) is 0.453. The molecule has 3 heteroatoms. The SMILES string of the molecule is CCN(CC)CCc1c(Br)ccc2c1cc1n2Cc2ccccc2-1. The average Bonchev–Trinajstić information content (AvgIpc) is 3.13. The zero-order valence-electron chi connectivity index (χ0n) is 14.3. The van der Waals surface area contributed by atoms with Crippen LogP contribution in [-0.4, -0.2) is 29.1 Å². The molecule has 0 spiro atoms. The summed E-state index contributed by atoms with van der Waals surface area (Å²) in [6.07, 6.45) is 1.09. The van der Waals surface area contributed by atoms with Crippen molar-refractivity contribution >= 4 is 26.8 Å². The second-order valence-electron chi connectivity index (χ2n) is 6.51. The molecule has 4 rings (SSSR count). The third-order valence-corrected chi connectivity index (χ3v) is 6.08. The molecule has 2 aromatic carbocycles. The largest absolute Gasteiger partial charge is 0.336 e. The van der Waals surface area contributed by atoms with Gasteiger partial charge in [0.25, 0.3) is 0 Å². The Bertz CT molecular complexity index is 890. The van der Waals surface area contributed by atoms with Gasteiger partial charge in [-0.2, -0.15) is 0 Å². The van der Waals surface area contributed by atoms with Gasteiger partial charge in [-0.25, -0.2) is 0 Å². The van der Waals surface area contributed by atoms with Crippen LogP contribution in [0.1, 0.15) is 25.0 Å². The van der Waals surface area contributed by atoms with Crippen molar-refractivity contribution in [2.45, 2.75) is 26.8 Å². The van der Waals surface area contributed by atoms with Crippen LogP contribution >= 0.6 is 15.9 Å². The molecule has 0 aliphatic carbocycles. The lowest BCUT2D eigenvalue weighted by Gasteiger charge is -2.18. The fourth-order valence-electron chi connectivity index (χ4n) is 3.90. The lowest BCUT2D eigenvalue weighted by molar-refractivity contribution is 0.308. The minimum atomic E-state index is 0.992. The molecule has 124 valence electrons. The number of hydrogen-bond acceptors (Lipinski definition) is 1. The first kappa shape index (κ1) is 15.9. The van der Waals surface area contributed by atoms with Crippen LogP contribution in [0.3, 0.4) is 0 Å². The normalized spacial score (nSPS) is 12.8. The van der Waals surface area contributed by atoms with Crippen LogP contribution < -0.4 is 0 Å². The Balaban J connectivity index is 1.78. The number of likely N-dealkylation sites (N-methyl/N-ethyl adjacent to an activating group) is 1. The minimum absolute atomic E-state index is 0.992. The van der Waals surface area contributed by atoms with Crippen molar-refractivity contribution < 1.29 is 0 Å². The number of fused-ring (bicyclic) bond motifs is 5. The molecule has 0 bridgehead atoms. The van der Waals surface area contributed by atoms with Crippen molar-refractivity contribution in [2.75, 3.05) is 19.6 Å². The van der Waals surface area contributed by atoms with Gasteiger partial charge in [0.15, 0.2) is 0 Å². The summed E-state index contributed by atoms with van der Waals surface area (Å²) in [5.74, 6) is 0. The molecule has 1 aliphatic heterocycles. The lowest BCUT2D eigenvalue weighted by atomic mass is 10.0. The van der Waals surface area contributed by atoms with Gasteiger partial charge in [0, 0.05) is 39.7 Å². The van der Waals surface area contributed by atoms with E-state index in [2.05, 4.69) is 81.7 Å². The number of nitrogens with zero attached hydrogens (tertiary/aromatic N) is 2. The highest BCUT2D eigenvalue weighted by atomic mass is 79.9. The average molecular weight is 383 g/mol. The highest BCUT2D eigenvalue weighted by Crippen LogP contribution is 2.39. The lowest BCUT2D eigenvalue weighted by Crippen LogP contribution is -2.25. The van der Waals surface area contributed by atoms with Crippen molar-refractivity contribution in [2.24, 2.45) is 0 Å². The van der Waals surface area contributed by atoms with Crippen LogP contribution in [0.2, 0.25) is 0 Å². The van der Waals surface area contributed by atoms with Crippen LogP contribution in [0.5, 0.6) is 0 Å². The van der Waals surface area contributed by atoms with Gasteiger partial charge in [-0.05, 0) is 48.8 Å². The Morgan fingerprint density at radius 1 is 1.08 bits per heavy atom. The maximum Gasteiger partial charge on any atom is 0.0498 e. The van der Waals surface area contributed by atoms with Gasteiger partial charge >= 0.3 is 0 Å². The van der Waals surface area contributed by atoms with Crippen LogP contribution in [-0.2, 0) is 13.0 Å². The van der Waals surface area contributed by atoms with Crippen molar-refractivity contribution in [1.29, 1.82) is 0 Å². The first-order chi connectivity index (χ1) is 11.7. The molecule has 2 nitrogen and oxygen atoms in total. The fourth-order valence-corrected chi connectivity index (χ4v) is 4.45. The summed E-state index contributed by atoms with van der Waals surface area (Å²) >= 11 is 3.79. The van der Waals surface area contributed by atoms with Gasteiger partial charge in [-0.3, -0.25) is 0 Å². The third-order valence-electron chi connectivity index (χ3n) is 5.33. The molecule has 0 saturated heterocycles. The van der Waals surface area contributed by atoms with Gasteiger partial charge in [-0.1, -0.05) is 54.0 Å². The number of aromatic nitrogens is 1. The van der Waals surface area contributed by atoms with E-state index in [0.29, 0.717) is 0 Å². The van der Waals surface area contributed by atoms with Crippen LogP contribution in [0, 0.1) is 0 Å². The molecular weight excluding hydrogens is 360 g/mol. The molecule has 1 aromatic heterocycles. The molecule has 2 heterocycles. The maximum atomic E-state index is 3.79. The number of benzene rings is 2. The fraction of sp³-hybridized carbons (Fsp3) is 0.333. The molecule has 0 unspecified atom stereocenters. The van der Waals surface area contributed by atoms with E-state index in [4.69, 9.17) is 0 Å². The molecule has 0 radical (unpaired) electrons. The second-order valence-corrected chi connectivity index (χ2v) is 7.36. The van der Waals surface area contributed by atoms with Crippen LogP contribution in [0.4, 0.5) is 0 Å². The first-order valence-corrected chi connectivity index (χ1v) is 9.63. The van der Waals surface area contributed by atoms with Gasteiger partial charge < -0.3 is 9.47 Å². The Kier molecular flexibility index (Phi) is 4.23. The summed E-state index contributed by atoms with van der Waals surface area (Å²) in [4.78, 5) is 2.49. The monoisotopic (exact) mass is 382 g/mol. The molecule has 0 fully saturated rings. The second kappa shape index (κ2) is 6.38. The molecular formula is C21H23BrN2. The van der Waals surface area contributed by atoms with E-state index in [9.17, 15) is 0 Å². The predicted molar refractivity (Wildman–Crippen MR) is 106 cm³/mol. The van der Waals surface area contributed by atoms with Gasteiger partial charge in [-0.15, -0.1) is 0 Å². The third kappa shape index (κ3) is 2.51. The van der Waals surface area contributed by atoms with E-state index in [1.54, 1.807) is 0 Å². The van der Waals surface area contributed by atoms with Gasteiger partial charge in [0.1, 0.15) is 0 Å². The van der Waals surface area contributed by atoms with Gasteiger partial charge in [0.2, 0.25) is 0 Å². The number of hydrogen-bond donors (Lipinski definition) is 0. The number of halogens is 1. The Labute approximate surface area is 152 Å².